The fourth-order valence-electron chi connectivity index (χ4n) is 1.51. The van der Waals surface area contributed by atoms with Crippen molar-refractivity contribution in [3.8, 4) is 12.3 Å². The number of hydrogen-bond donors (Lipinski definition) is 0. The van der Waals surface area contributed by atoms with E-state index in [4.69, 9.17) is 6.42 Å². The lowest BCUT2D eigenvalue weighted by atomic mass is 9.83. The molecule has 1 aliphatic heterocycles. The van der Waals surface area contributed by atoms with Gasteiger partial charge in [-0.05, 0) is 26.8 Å². The molecule has 1 heteroatoms. The van der Waals surface area contributed by atoms with Gasteiger partial charge in [-0.15, -0.1) is 6.42 Å². The Morgan fingerprint density at radius 2 is 2.27 bits per heavy atom. The van der Waals surface area contributed by atoms with Crippen molar-refractivity contribution in [1.29, 1.82) is 0 Å². The van der Waals surface area contributed by atoms with Crippen molar-refractivity contribution in [3.63, 3.8) is 0 Å². The number of nitrogens with zero attached hydrogens (tertiary/aromatic N) is 1. The Bertz CT molecular complexity index is 265. The summed E-state index contributed by atoms with van der Waals surface area (Å²) >= 11 is 0. The van der Waals surface area contributed by atoms with Crippen LogP contribution >= 0.6 is 0 Å². The van der Waals surface area contributed by atoms with Gasteiger partial charge in [-0.1, -0.05) is 5.92 Å². The summed E-state index contributed by atoms with van der Waals surface area (Å²) in [4.78, 5) is 4.31. The van der Waals surface area contributed by atoms with E-state index in [2.05, 4.69) is 23.9 Å². The SMILES string of the molecule is C#CC1(C)C=C(C)N=C(C)C1. The summed E-state index contributed by atoms with van der Waals surface area (Å²) in [7, 11) is 0. The van der Waals surface area contributed by atoms with Crippen LogP contribution in [0, 0.1) is 17.8 Å². The van der Waals surface area contributed by atoms with Crippen LogP contribution in [0.4, 0.5) is 0 Å². The number of hydrogen-bond acceptors (Lipinski definition) is 1. The lowest BCUT2D eigenvalue weighted by molar-refractivity contribution is 0.590. The minimum Gasteiger partial charge on any atom is -0.263 e. The fraction of sp³-hybridized carbons (Fsp3) is 0.500. The number of terminal acetylenes is 1. The predicted molar refractivity (Wildman–Crippen MR) is 48.4 cm³/mol. The summed E-state index contributed by atoms with van der Waals surface area (Å²) < 4.78 is 0. The lowest BCUT2D eigenvalue weighted by Crippen LogP contribution is -2.18. The molecule has 58 valence electrons. The lowest BCUT2D eigenvalue weighted by Gasteiger charge is -2.23. The van der Waals surface area contributed by atoms with Gasteiger partial charge in [0, 0.05) is 17.8 Å². The monoisotopic (exact) mass is 147 g/mol. The molecule has 0 fully saturated rings. The molecule has 0 spiro atoms. The molecule has 0 aliphatic carbocycles. The molecule has 0 aromatic rings. The van der Waals surface area contributed by atoms with E-state index in [9.17, 15) is 0 Å². The van der Waals surface area contributed by atoms with E-state index in [0.717, 1.165) is 17.8 Å². The molecule has 0 aromatic heterocycles. The summed E-state index contributed by atoms with van der Waals surface area (Å²) in [6.07, 6.45) is 8.36. The summed E-state index contributed by atoms with van der Waals surface area (Å²) in [6, 6.07) is 0. The van der Waals surface area contributed by atoms with Gasteiger partial charge in [-0.2, -0.15) is 0 Å². The Kier molecular flexibility index (Phi) is 1.87. The summed E-state index contributed by atoms with van der Waals surface area (Å²) in [5, 5.41) is 0. The molecule has 0 aromatic carbocycles. The number of aliphatic imine (C=N–C) groups is 1. The normalized spacial score (nSPS) is 30.4. The molecule has 1 nitrogen and oxygen atoms in total. The maximum atomic E-state index is 5.41. The minimum absolute atomic E-state index is 0.101. The standard InChI is InChI=1S/C10H13N/c1-5-10(4)6-8(2)11-9(3)7-10/h1,6H,7H2,2-4H3. The van der Waals surface area contributed by atoms with Gasteiger partial charge in [0.2, 0.25) is 0 Å². The first-order valence-electron chi connectivity index (χ1n) is 3.77. The molecule has 0 saturated carbocycles. The summed E-state index contributed by atoms with van der Waals surface area (Å²) in [5.41, 5.74) is 2.07. The third-order valence-electron chi connectivity index (χ3n) is 1.85. The second-order valence-electron chi connectivity index (χ2n) is 3.37. The number of allylic oxidation sites excluding steroid dienone is 2. The van der Waals surface area contributed by atoms with Gasteiger partial charge in [0.1, 0.15) is 0 Å². The average Bonchev–Trinajstić information content (AvgIpc) is 1.84. The first-order valence-corrected chi connectivity index (χ1v) is 3.77. The van der Waals surface area contributed by atoms with Crippen LogP contribution in [0.2, 0.25) is 0 Å². The van der Waals surface area contributed by atoms with Crippen LogP contribution in [0.25, 0.3) is 0 Å². The second kappa shape index (κ2) is 2.54. The van der Waals surface area contributed by atoms with Crippen molar-refractivity contribution in [1.82, 2.24) is 0 Å². The average molecular weight is 147 g/mol. The second-order valence-corrected chi connectivity index (χ2v) is 3.37. The van der Waals surface area contributed by atoms with Crippen LogP contribution in [0.5, 0.6) is 0 Å². The molecule has 1 unspecified atom stereocenters. The molecule has 0 bridgehead atoms. The van der Waals surface area contributed by atoms with Crippen LogP contribution < -0.4 is 0 Å². The van der Waals surface area contributed by atoms with Crippen molar-refractivity contribution >= 4 is 5.71 Å². The van der Waals surface area contributed by atoms with Gasteiger partial charge in [-0.25, -0.2) is 0 Å². The first-order chi connectivity index (χ1) is 5.06. The molecule has 11 heavy (non-hydrogen) atoms. The highest BCUT2D eigenvalue weighted by Crippen LogP contribution is 2.28. The van der Waals surface area contributed by atoms with E-state index in [-0.39, 0.29) is 5.41 Å². The van der Waals surface area contributed by atoms with E-state index in [0.29, 0.717) is 0 Å². The van der Waals surface area contributed by atoms with E-state index in [1.807, 2.05) is 13.8 Å². The van der Waals surface area contributed by atoms with Gasteiger partial charge in [0.25, 0.3) is 0 Å². The Morgan fingerprint density at radius 1 is 1.64 bits per heavy atom. The van der Waals surface area contributed by atoms with Gasteiger partial charge in [-0.3, -0.25) is 4.99 Å². The smallest absolute Gasteiger partial charge is 0.0535 e. The minimum atomic E-state index is -0.101. The van der Waals surface area contributed by atoms with Crippen molar-refractivity contribution in [3.05, 3.63) is 11.8 Å². The summed E-state index contributed by atoms with van der Waals surface area (Å²) in [6.45, 7) is 6.07. The van der Waals surface area contributed by atoms with Crippen LogP contribution in [0.3, 0.4) is 0 Å². The van der Waals surface area contributed by atoms with Crippen molar-refractivity contribution < 1.29 is 0 Å². The Labute approximate surface area is 68.2 Å². The highest BCUT2D eigenvalue weighted by atomic mass is 14.8. The largest absolute Gasteiger partial charge is 0.263 e. The maximum absolute atomic E-state index is 5.41. The van der Waals surface area contributed by atoms with Gasteiger partial charge in [0.15, 0.2) is 0 Å². The molecular formula is C10H13N. The zero-order chi connectivity index (χ0) is 8.48. The van der Waals surface area contributed by atoms with Gasteiger partial charge < -0.3 is 0 Å². The third-order valence-corrected chi connectivity index (χ3v) is 1.85. The molecule has 1 rings (SSSR count). The Hall–Kier alpha value is -1.03. The van der Waals surface area contributed by atoms with E-state index >= 15 is 0 Å². The molecular weight excluding hydrogens is 134 g/mol. The highest BCUT2D eigenvalue weighted by Gasteiger charge is 2.22. The quantitative estimate of drug-likeness (QED) is 0.466. The van der Waals surface area contributed by atoms with E-state index in [1.54, 1.807) is 0 Å². The van der Waals surface area contributed by atoms with Crippen LogP contribution in [-0.4, -0.2) is 5.71 Å². The molecule has 0 radical (unpaired) electrons. The van der Waals surface area contributed by atoms with Crippen molar-refractivity contribution in [2.24, 2.45) is 10.4 Å². The first kappa shape index (κ1) is 8.07. The molecule has 1 atom stereocenters. The molecule has 0 amide bonds. The molecule has 0 saturated heterocycles. The van der Waals surface area contributed by atoms with Crippen LogP contribution in [0.15, 0.2) is 16.8 Å². The fourth-order valence-corrected chi connectivity index (χ4v) is 1.51. The number of rotatable bonds is 0. The van der Waals surface area contributed by atoms with E-state index in [1.165, 1.54) is 0 Å². The zero-order valence-electron chi connectivity index (χ0n) is 7.31. The van der Waals surface area contributed by atoms with Crippen molar-refractivity contribution in [2.75, 3.05) is 0 Å². The van der Waals surface area contributed by atoms with Gasteiger partial charge >= 0.3 is 0 Å². The molecule has 0 N–H and O–H groups in total. The predicted octanol–water partition coefficient (Wildman–Crippen LogP) is 2.39. The van der Waals surface area contributed by atoms with Gasteiger partial charge in [0.05, 0.1) is 5.41 Å². The Morgan fingerprint density at radius 3 is 2.73 bits per heavy atom. The maximum Gasteiger partial charge on any atom is 0.0535 e. The third kappa shape index (κ3) is 1.71. The zero-order valence-corrected chi connectivity index (χ0v) is 7.31. The highest BCUT2D eigenvalue weighted by molar-refractivity contribution is 5.85. The van der Waals surface area contributed by atoms with E-state index < -0.39 is 0 Å². The molecule has 1 heterocycles. The molecule has 1 aliphatic rings. The van der Waals surface area contributed by atoms with Crippen molar-refractivity contribution in [2.45, 2.75) is 27.2 Å². The van der Waals surface area contributed by atoms with Crippen LogP contribution in [-0.2, 0) is 0 Å². The Balaban J connectivity index is 2.98. The summed E-state index contributed by atoms with van der Waals surface area (Å²) in [5.74, 6) is 2.78. The van der Waals surface area contributed by atoms with Crippen LogP contribution in [0.1, 0.15) is 27.2 Å². The topological polar surface area (TPSA) is 12.4 Å².